The van der Waals surface area contributed by atoms with E-state index in [-0.39, 0.29) is 5.75 Å². The van der Waals surface area contributed by atoms with E-state index in [1.54, 1.807) is 32.0 Å². The highest BCUT2D eigenvalue weighted by Crippen LogP contribution is 2.34. The Morgan fingerprint density at radius 1 is 1.20 bits per heavy atom. The topological polar surface area (TPSA) is 12.5 Å². The normalized spacial score (nSPS) is 11.3. The number of aryl methyl sites for hydroxylation is 1. The van der Waals surface area contributed by atoms with Crippen LogP contribution in [0.5, 0.6) is 5.75 Å². The zero-order valence-corrected chi connectivity index (χ0v) is 8.72. The van der Waals surface area contributed by atoms with Gasteiger partial charge in [0, 0.05) is 14.1 Å². The molecule has 0 radical (unpaired) electrons. The highest BCUT2D eigenvalue weighted by Gasteiger charge is 2.32. The van der Waals surface area contributed by atoms with Crippen molar-refractivity contribution in [2.45, 2.75) is 13.3 Å². The van der Waals surface area contributed by atoms with Crippen LogP contribution >= 0.6 is 0 Å². The number of hydrogen-bond acceptors (Lipinski definition) is 2. The molecule has 84 valence electrons. The first-order chi connectivity index (χ1) is 6.81. The Kier molecular flexibility index (Phi) is 3.12. The van der Waals surface area contributed by atoms with Crippen LogP contribution in [0.15, 0.2) is 18.2 Å². The fourth-order valence-corrected chi connectivity index (χ4v) is 1.41. The molecule has 5 heteroatoms. The summed E-state index contributed by atoms with van der Waals surface area (Å²) >= 11 is 0. The molecule has 15 heavy (non-hydrogen) atoms. The Balaban J connectivity index is 3.12. The third kappa shape index (κ3) is 3.04. The quantitative estimate of drug-likeness (QED) is 0.758. The standard InChI is InChI=1S/C10H12F3NO/c1-7-5-4-6-8(9(7)14(2)3)15-10(11,12)13/h4-6H,1-3H3. The summed E-state index contributed by atoms with van der Waals surface area (Å²) in [7, 11) is 3.34. The van der Waals surface area contributed by atoms with Crippen LogP contribution in [-0.2, 0) is 0 Å². The van der Waals surface area contributed by atoms with Gasteiger partial charge in [-0.05, 0) is 18.6 Å². The Morgan fingerprint density at radius 2 is 1.80 bits per heavy atom. The van der Waals surface area contributed by atoms with E-state index in [1.807, 2.05) is 0 Å². The van der Waals surface area contributed by atoms with Gasteiger partial charge in [0.05, 0.1) is 5.69 Å². The number of anilines is 1. The molecule has 0 fully saturated rings. The first kappa shape index (κ1) is 11.7. The van der Waals surface area contributed by atoms with Crippen molar-refractivity contribution in [2.24, 2.45) is 0 Å². The summed E-state index contributed by atoms with van der Waals surface area (Å²) in [5.74, 6) is -0.174. The lowest BCUT2D eigenvalue weighted by atomic mass is 10.2. The number of hydrogen-bond donors (Lipinski definition) is 0. The SMILES string of the molecule is Cc1cccc(OC(F)(F)F)c1N(C)C. The Bertz CT molecular complexity index is 347. The highest BCUT2D eigenvalue weighted by atomic mass is 19.4. The molecular weight excluding hydrogens is 207 g/mol. The molecule has 1 aromatic carbocycles. The monoisotopic (exact) mass is 219 g/mol. The van der Waals surface area contributed by atoms with Gasteiger partial charge < -0.3 is 9.64 Å². The van der Waals surface area contributed by atoms with Crippen molar-refractivity contribution in [2.75, 3.05) is 19.0 Å². The predicted octanol–water partition coefficient (Wildman–Crippen LogP) is 2.96. The van der Waals surface area contributed by atoms with Gasteiger partial charge in [0.25, 0.3) is 0 Å². The molecule has 0 spiro atoms. The summed E-state index contributed by atoms with van der Waals surface area (Å²) in [6.07, 6.45) is -4.65. The third-order valence-corrected chi connectivity index (χ3v) is 1.87. The van der Waals surface area contributed by atoms with Crippen molar-refractivity contribution < 1.29 is 17.9 Å². The maximum absolute atomic E-state index is 12.1. The molecule has 0 amide bonds. The van der Waals surface area contributed by atoms with Crippen molar-refractivity contribution in [3.05, 3.63) is 23.8 Å². The third-order valence-electron chi connectivity index (χ3n) is 1.87. The molecule has 0 N–H and O–H groups in total. The van der Waals surface area contributed by atoms with Gasteiger partial charge in [-0.25, -0.2) is 0 Å². The molecule has 0 unspecified atom stereocenters. The number of benzene rings is 1. The highest BCUT2D eigenvalue weighted by molar-refractivity contribution is 5.62. The average Bonchev–Trinajstić information content (AvgIpc) is 1.99. The molecule has 1 aromatic rings. The van der Waals surface area contributed by atoms with Crippen LogP contribution in [0.25, 0.3) is 0 Å². The van der Waals surface area contributed by atoms with E-state index in [9.17, 15) is 13.2 Å². The van der Waals surface area contributed by atoms with Crippen LogP contribution in [0.1, 0.15) is 5.56 Å². The first-order valence-electron chi connectivity index (χ1n) is 4.34. The van der Waals surface area contributed by atoms with E-state index in [0.717, 1.165) is 5.56 Å². The van der Waals surface area contributed by atoms with Crippen molar-refractivity contribution in [3.8, 4) is 5.75 Å². The minimum absolute atomic E-state index is 0.174. The summed E-state index contributed by atoms with van der Waals surface area (Å²) in [4.78, 5) is 1.59. The van der Waals surface area contributed by atoms with E-state index in [0.29, 0.717) is 5.69 Å². The lowest BCUT2D eigenvalue weighted by Gasteiger charge is -2.20. The second-order valence-electron chi connectivity index (χ2n) is 3.36. The van der Waals surface area contributed by atoms with E-state index in [4.69, 9.17) is 0 Å². The minimum Gasteiger partial charge on any atom is -0.404 e. The van der Waals surface area contributed by atoms with E-state index in [1.165, 1.54) is 12.1 Å². The van der Waals surface area contributed by atoms with Gasteiger partial charge >= 0.3 is 6.36 Å². The molecule has 2 nitrogen and oxygen atoms in total. The summed E-state index contributed by atoms with van der Waals surface area (Å²) < 4.78 is 40.2. The second-order valence-corrected chi connectivity index (χ2v) is 3.36. The van der Waals surface area contributed by atoms with Crippen LogP contribution in [0.3, 0.4) is 0 Å². The molecule has 0 aromatic heterocycles. The zero-order chi connectivity index (χ0) is 11.6. The minimum atomic E-state index is -4.65. The molecule has 0 atom stereocenters. The molecule has 0 saturated carbocycles. The number of alkyl halides is 3. The Labute approximate surface area is 86.3 Å². The van der Waals surface area contributed by atoms with E-state index < -0.39 is 6.36 Å². The van der Waals surface area contributed by atoms with Crippen molar-refractivity contribution >= 4 is 5.69 Å². The lowest BCUT2D eigenvalue weighted by molar-refractivity contribution is -0.274. The van der Waals surface area contributed by atoms with Crippen LogP contribution < -0.4 is 9.64 Å². The van der Waals surface area contributed by atoms with Crippen molar-refractivity contribution in [1.82, 2.24) is 0 Å². The number of ether oxygens (including phenoxy) is 1. The first-order valence-corrected chi connectivity index (χ1v) is 4.34. The number of halogens is 3. The Hall–Kier alpha value is -1.39. The lowest BCUT2D eigenvalue weighted by Crippen LogP contribution is -2.20. The number of para-hydroxylation sites is 1. The molecule has 0 aliphatic heterocycles. The fourth-order valence-electron chi connectivity index (χ4n) is 1.41. The molecule has 0 heterocycles. The largest absolute Gasteiger partial charge is 0.573 e. The van der Waals surface area contributed by atoms with Gasteiger partial charge in [0.2, 0.25) is 0 Å². The molecule has 0 saturated heterocycles. The van der Waals surface area contributed by atoms with Gasteiger partial charge in [-0.15, -0.1) is 13.2 Å². The van der Waals surface area contributed by atoms with Gasteiger partial charge in [-0.3, -0.25) is 0 Å². The summed E-state index contributed by atoms with van der Waals surface area (Å²) in [5, 5.41) is 0. The van der Waals surface area contributed by atoms with Crippen molar-refractivity contribution in [3.63, 3.8) is 0 Å². The number of rotatable bonds is 2. The maximum Gasteiger partial charge on any atom is 0.573 e. The average molecular weight is 219 g/mol. The molecule has 0 bridgehead atoms. The van der Waals surface area contributed by atoms with Crippen LogP contribution in [0.4, 0.5) is 18.9 Å². The molecule has 0 aliphatic carbocycles. The molecule has 1 rings (SSSR count). The zero-order valence-electron chi connectivity index (χ0n) is 8.72. The predicted molar refractivity (Wildman–Crippen MR) is 52.2 cm³/mol. The van der Waals surface area contributed by atoms with Crippen LogP contribution in [0.2, 0.25) is 0 Å². The molecule has 0 aliphatic rings. The van der Waals surface area contributed by atoms with E-state index in [2.05, 4.69) is 4.74 Å². The van der Waals surface area contributed by atoms with Gasteiger partial charge in [0.1, 0.15) is 0 Å². The van der Waals surface area contributed by atoms with Crippen LogP contribution in [-0.4, -0.2) is 20.5 Å². The van der Waals surface area contributed by atoms with Gasteiger partial charge in [-0.2, -0.15) is 0 Å². The fraction of sp³-hybridized carbons (Fsp3) is 0.400. The van der Waals surface area contributed by atoms with Gasteiger partial charge in [-0.1, -0.05) is 12.1 Å². The summed E-state index contributed by atoms with van der Waals surface area (Å²) in [5.41, 5.74) is 1.18. The second kappa shape index (κ2) is 4.00. The summed E-state index contributed by atoms with van der Waals surface area (Å²) in [6, 6.07) is 4.57. The summed E-state index contributed by atoms with van der Waals surface area (Å²) in [6.45, 7) is 1.73. The number of nitrogens with zero attached hydrogens (tertiary/aromatic N) is 1. The maximum atomic E-state index is 12.1. The molecular formula is C10H12F3NO. The van der Waals surface area contributed by atoms with E-state index >= 15 is 0 Å². The Morgan fingerprint density at radius 3 is 2.27 bits per heavy atom. The smallest absolute Gasteiger partial charge is 0.404 e. The van der Waals surface area contributed by atoms with Crippen molar-refractivity contribution in [1.29, 1.82) is 0 Å². The van der Waals surface area contributed by atoms with Gasteiger partial charge in [0.15, 0.2) is 5.75 Å². The van der Waals surface area contributed by atoms with Crippen LogP contribution in [0, 0.1) is 6.92 Å².